The van der Waals surface area contributed by atoms with Crippen molar-refractivity contribution in [3.8, 4) is 11.3 Å². The van der Waals surface area contributed by atoms with Gasteiger partial charge in [-0.05, 0) is 25.0 Å². The summed E-state index contributed by atoms with van der Waals surface area (Å²) >= 11 is 0. The molecule has 0 amide bonds. The zero-order valence-corrected chi connectivity index (χ0v) is 9.22. The Labute approximate surface area is 94.3 Å². The van der Waals surface area contributed by atoms with Gasteiger partial charge in [-0.1, -0.05) is 0 Å². The molecule has 0 bridgehead atoms. The van der Waals surface area contributed by atoms with Crippen LogP contribution >= 0.6 is 0 Å². The number of anilines is 1. The van der Waals surface area contributed by atoms with Crippen molar-refractivity contribution in [2.75, 3.05) is 5.32 Å². The van der Waals surface area contributed by atoms with Crippen LogP contribution in [0.5, 0.6) is 0 Å². The van der Waals surface area contributed by atoms with Crippen LogP contribution in [-0.2, 0) is 7.05 Å². The summed E-state index contributed by atoms with van der Waals surface area (Å²) in [5.41, 5.74) is 2.26. The number of aryl methyl sites for hydroxylation is 1. The molecule has 3 rings (SSSR count). The van der Waals surface area contributed by atoms with Crippen molar-refractivity contribution in [1.29, 1.82) is 0 Å². The molecular weight excluding hydrogens is 200 g/mol. The summed E-state index contributed by atoms with van der Waals surface area (Å²) in [5, 5.41) is 7.85. The van der Waals surface area contributed by atoms with Crippen LogP contribution in [0.3, 0.4) is 0 Å². The van der Waals surface area contributed by atoms with E-state index >= 15 is 0 Å². The lowest BCUT2D eigenvalue weighted by Gasteiger charge is -1.99. The van der Waals surface area contributed by atoms with E-state index in [1.54, 1.807) is 12.4 Å². The van der Waals surface area contributed by atoms with Gasteiger partial charge in [-0.25, -0.2) is 0 Å². The fourth-order valence-corrected chi connectivity index (χ4v) is 1.77. The molecule has 4 nitrogen and oxygen atoms in total. The Morgan fingerprint density at radius 1 is 1.31 bits per heavy atom. The first-order valence-corrected chi connectivity index (χ1v) is 5.54. The number of hydrogen-bond donors (Lipinski definition) is 1. The Morgan fingerprint density at radius 2 is 2.06 bits per heavy atom. The molecule has 4 heteroatoms. The van der Waals surface area contributed by atoms with Crippen molar-refractivity contribution in [2.24, 2.45) is 7.05 Å². The molecule has 0 aromatic carbocycles. The molecule has 1 fully saturated rings. The number of pyridine rings is 1. The molecule has 1 aliphatic carbocycles. The molecule has 0 saturated heterocycles. The normalized spacial score (nSPS) is 15.1. The van der Waals surface area contributed by atoms with Crippen LogP contribution < -0.4 is 5.32 Å². The largest absolute Gasteiger partial charge is 0.366 e. The average molecular weight is 214 g/mol. The van der Waals surface area contributed by atoms with Crippen LogP contribution in [0.25, 0.3) is 11.3 Å². The minimum absolute atomic E-state index is 0.639. The first-order valence-electron chi connectivity index (χ1n) is 5.54. The van der Waals surface area contributed by atoms with Crippen LogP contribution in [-0.4, -0.2) is 20.8 Å². The highest BCUT2D eigenvalue weighted by Gasteiger charge is 2.22. The zero-order chi connectivity index (χ0) is 11.0. The lowest BCUT2D eigenvalue weighted by Crippen LogP contribution is -2.01. The van der Waals surface area contributed by atoms with E-state index in [4.69, 9.17) is 0 Å². The molecular formula is C12H14N4. The van der Waals surface area contributed by atoms with Crippen molar-refractivity contribution >= 4 is 5.82 Å². The molecule has 0 aliphatic heterocycles. The molecule has 2 aromatic heterocycles. The Balaban J connectivity index is 1.91. The predicted molar refractivity (Wildman–Crippen MR) is 63.1 cm³/mol. The fraction of sp³-hybridized carbons (Fsp3) is 0.333. The Morgan fingerprint density at radius 3 is 2.75 bits per heavy atom. The van der Waals surface area contributed by atoms with E-state index in [-0.39, 0.29) is 0 Å². The molecule has 0 spiro atoms. The second-order valence-electron chi connectivity index (χ2n) is 4.19. The highest BCUT2D eigenvalue weighted by Crippen LogP contribution is 2.26. The lowest BCUT2D eigenvalue weighted by atomic mass is 10.2. The van der Waals surface area contributed by atoms with Gasteiger partial charge >= 0.3 is 0 Å². The maximum Gasteiger partial charge on any atom is 0.148 e. The van der Waals surface area contributed by atoms with Gasteiger partial charge in [0.1, 0.15) is 5.82 Å². The van der Waals surface area contributed by atoms with E-state index in [0.29, 0.717) is 6.04 Å². The average Bonchev–Trinajstić information content (AvgIpc) is 3.03. The van der Waals surface area contributed by atoms with E-state index in [0.717, 1.165) is 17.1 Å². The summed E-state index contributed by atoms with van der Waals surface area (Å²) < 4.78 is 1.90. The van der Waals surface area contributed by atoms with Crippen LogP contribution in [0.4, 0.5) is 5.82 Å². The van der Waals surface area contributed by atoms with Crippen molar-refractivity contribution in [3.63, 3.8) is 0 Å². The summed E-state index contributed by atoms with van der Waals surface area (Å²) in [6.07, 6.45) is 6.13. The molecule has 0 atom stereocenters. The second-order valence-corrected chi connectivity index (χ2v) is 4.19. The first kappa shape index (κ1) is 9.39. The van der Waals surface area contributed by atoms with E-state index in [9.17, 15) is 0 Å². The maximum atomic E-state index is 4.45. The van der Waals surface area contributed by atoms with Crippen LogP contribution in [0.2, 0.25) is 0 Å². The molecule has 1 aliphatic rings. The smallest absolute Gasteiger partial charge is 0.148 e. The highest BCUT2D eigenvalue weighted by atomic mass is 15.3. The van der Waals surface area contributed by atoms with Gasteiger partial charge in [0.05, 0.1) is 5.69 Å². The lowest BCUT2D eigenvalue weighted by molar-refractivity contribution is 0.776. The zero-order valence-electron chi connectivity index (χ0n) is 9.22. The monoisotopic (exact) mass is 214 g/mol. The predicted octanol–water partition coefficient (Wildman–Crippen LogP) is 2.06. The Hall–Kier alpha value is -1.84. The molecule has 0 unspecified atom stereocenters. The van der Waals surface area contributed by atoms with Gasteiger partial charge in [0.15, 0.2) is 0 Å². The summed E-state index contributed by atoms with van der Waals surface area (Å²) in [6, 6.07) is 6.73. The first-order chi connectivity index (χ1) is 7.83. The van der Waals surface area contributed by atoms with Crippen molar-refractivity contribution in [1.82, 2.24) is 14.8 Å². The third-order valence-corrected chi connectivity index (χ3v) is 2.79. The molecule has 2 aromatic rings. The van der Waals surface area contributed by atoms with Gasteiger partial charge in [-0.3, -0.25) is 9.67 Å². The standard InChI is InChI=1S/C12H14N4/c1-16-11(9-4-6-13-7-5-9)8-12(15-16)14-10-2-3-10/h4-8,10H,2-3H2,1H3,(H,14,15). The van der Waals surface area contributed by atoms with Crippen molar-refractivity contribution in [2.45, 2.75) is 18.9 Å². The van der Waals surface area contributed by atoms with Gasteiger partial charge in [-0.2, -0.15) is 5.10 Å². The summed E-state index contributed by atoms with van der Waals surface area (Å²) in [6.45, 7) is 0. The third kappa shape index (κ3) is 1.78. The van der Waals surface area contributed by atoms with Gasteiger partial charge < -0.3 is 5.32 Å². The topological polar surface area (TPSA) is 42.7 Å². The second kappa shape index (κ2) is 3.63. The minimum Gasteiger partial charge on any atom is -0.366 e. The van der Waals surface area contributed by atoms with E-state index in [2.05, 4.69) is 21.5 Å². The minimum atomic E-state index is 0.639. The quantitative estimate of drug-likeness (QED) is 0.850. The maximum absolute atomic E-state index is 4.45. The molecule has 0 radical (unpaired) electrons. The van der Waals surface area contributed by atoms with E-state index < -0.39 is 0 Å². The molecule has 1 N–H and O–H groups in total. The fourth-order valence-electron chi connectivity index (χ4n) is 1.77. The summed E-state index contributed by atoms with van der Waals surface area (Å²) in [5.74, 6) is 0.969. The van der Waals surface area contributed by atoms with Crippen molar-refractivity contribution in [3.05, 3.63) is 30.6 Å². The number of nitrogens with one attached hydrogen (secondary N) is 1. The Kier molecular flexibility index (Phi) is 2.13. The van der Waals surface area contributed by atoms with Crippen LogP contribution in [0.15, 0.2) is 30.6 Å². The van der Waals surface area contributed by atoms with Gasteiger partial charge in [-0.15, -0.1) is 0 Å². The Bertz CT molecular complexity index is 485. The number of rotatable bonds is 3. The van der Waals surface area contributed by atoms with Crippen molar-refractivity contribution < 1.29 is 0 Å². The number of aromatic nitrogens is 3. The van der Waals surface area contributed by atoms with Gasteiger partial charge in [0.25, 0.3) is 0 Å². The van der Waals surface area contributed by atoms with E-state index in [1.807, 2.05) is 23.9 Å². The number of hydrogen-bond acceptors (Lipinski definition) is 3. The van der Waals surface area contributed by atoms with Crippen LogP contribution in [0.1, 0.15) is 12.8 Å². The molecule has 2 heterocycles. The third-order valence-electron chi connectivity index (χ3n) is 2.79. The highest BCUT2D eigenvalue weighted by molar-refractivity contribution is 5.63. The number of nitrogens with zero attached hydrogens (tertiary/aromatic N) is 3. The summed E-state index contributed by atoms with van der Waals surface area (Å²) in [7, 11) is 1.97. The van der Waals surface area contributed by atoms with E-state index in [1.165, 1.54) is 12.8 Å². The molecule has 82 valence electrons. The van der Waals surface area contributed by atoms with Gasteiger partial charge in [0, 0.05) is 37.1 Å². The van der Waals surface area contributed by atoms with Crippen LogP contribution in [0, 0.1) is 0 Å². The van der Waals surface area contributed by atoms with Gasteiger partial charge in [0.2, 0.25) is 0 Å². The SMILES string of the molecule is Cn1nc(NC2CC2)cc1-c1ccncc1. The summed E-state index contributed by atoms with van der Waals surface area (Å²) in [4.78, 5) is 4.02. The molecule has 16 heavy (non-hydrogen) atoms. The molecule has 1 saturated carbocycles.